The van der Waals surface area contributed by atoms with E-state index in [-0.39, 0.29) is 5.57 Å². The predicted molar refractivity (Wildman–Crippen MR) is 69.7 cm³/mol. The third kappa shape index (κ3) is 2.40. The van der Waals surface area contributed by atoms with Gasteiger partial charge in [0.2, 0.25) is 0 Å². The summed E-state index contributed by atoms with van der Waals surface area (Å²) < 4.78 is 0. The maximum Gasteiger partial charge on any atom is 0.145 e. The van der Waals surface area contributed by atoms with Crippen LogP contribution in [0.2, 0.25) is 5.02 Å². The average Bonchev–Trinajstić information content (AvgIpc) is 2.40. The van der Waals surface area contributed by atoms with Crippen molar-refractivity contribution in [2.45, 2.75) is 0 Å². The first-order valence-corrected chi connectivity index (χ1v) is 5.43. The van der Waals surface area contributed by atoms with Gasteiger partial charge in [0.05, 0.1) is 10.5 Å². The molecule has 1 aromatic heterocycles. The number of nitriles is 2. The number of anilines is 1. The molecule has 18 heavy (non-hydrogen) atoms. The summed E-state index contributed by atoms with van der Waals surface area (Å²) in [5.41, 5.74) is 1.41. The molecule has 0 aliphatic heterocycles. The van der Waals surface area contributed by atoms with Crippen molar-refractivity contribution in [2.75, 3.05) is 5.32 Å². The van der Waals surface area contributed by atoms with E-state index in [1.807, 2.05) is 18.2 Å². The Kier molecular flexibility index (Phi) is 3.43. The van der Waals surface area contributed by atoms with Crippen LogP contribution in [-0.2, 0) is 0 Å². The molecule has 0 fully saturated rings. The van der Waals surface area contributed by atoms with E-state index in [2.05, 4.69) is 10.3 Å². The van der Waals surface area contributed by atoms with Gasteiger partial charge < -0.3 is 5.32 Å². The summed E-state index contributed by atoms with van der Waals surface area (Å²) in [5, 5.41) is 21.5. The lowest BCUT2D eigenvalue weighted by Gasteiger charge is -2.04. The summed E-state index contributed by atoms with van der Waals surface area (Å²) in [6.07, 6.45) is 3.01. The highest BCUT2D eigenvalue weighted by Crippen LogP contribution is 2.26. The van der Waals surface area contributed by atoms with Crippen molar-refractivity contribution in [3.05, 3.63) is 47.3 Å². The minimum atomic E-state index is -0.00240. The molecule has 4 nitrogen and oxygen atoms in total. The smallest absolute Gasteiger partial charge is 0.145 e. The summed E-state index contributed by atoms with van der Waals surface area (Å²) in [7, 11) is 0. The van der Waals surface area contributed by atoms with Gasteiger partial charge in [-0.1, -0.05) is 17.7 Å². The van der Waals surface area contributed by atoms with Gasteiger partial charge in [0.1, 0.15) is 17.7 Å². The fourth-order valence-corrected chi connectivity index (χ4v) is 1.75. The molecule has 0 bridgehead atoms. The van der Waals surface area contributed by atoms with Gasteiger partial charge in [0.25, 0.3) is 0 Å². The third-order valence-corrected chi connectivity index (χ3v) is 2.57. The molecule has 2 aromatic rings. The van der Waals surface area contributed by atoms with E-state index in [0.29, 0.717) is 10.7 Å². The molecule has 0 atom stereocenters. The van der Waals surface area contributed by atoms with Crippen LogP contribution in [0.25, 0.3) is 10.9 Å². The number of fused-ring (bicyclic) bond motifs is 1. The molecule has 0 radical (unpaired) electrons. The van der Waals surface area contributed by atoms with Gasteiger partial charge in [0.15, 0.2) is 0 Å². The maximum absolute atomic E-state index is 8.61. The van der Waals surface area contributed by atoms with Crippen LogP contribution in [0.15, 0.2) is 42.2 Å². The van der Waals surface area contributed by atoms with Crippen molar-refractivity contribution < 1.29 is 0 Å². The number of nitrogens with zero attached hydrogens (tertiary/aromatic N) is 3. The van der Waals surface area contributed by atoms with Crippen LogP contribution in [0.1, 0.15) is 0 Å². The molecule has 0 unspecified atom stereocenters. The number of allylic oxidation sites excluding steroid dienone is 1. The van der Waals surface area contributed by atoms with Gasteiger partial charge in [-0.15, -0.1) is 0 Å². The lowest BCUT2D eigenvalue weighted by Crippen LogP contribution is -1.91. The first-order valence-electron chi connectivity index (χ1n) is 5.06. The zero-order valence-electron chi connectivity index (χ0n) is 9.18. The van der Waals surface area contributed by atoms with E-state index in [1.165, 1.54) is 6.20 Å². The van der Waals surface area contributed by atoms with Crippen LogP contribution in [0.4, 0.5) is 5.69 Å². The van der Waals surface area contributed by atoms with Crippen LogP contribution >= 0.6 is 11.6 Å². The summed E-state index contributed by atoms with van der Waals surface area (Å²) >= 11 is 6.09. The number of nitrogens with one attached hydrogen (secondary N) is 1. The Morgan fingerprint density at radius 3 is 2.83 bits per heavy atom. The van der Waals surface area contributed by atoms with E-state index in [9.17, 15) is 0 Å². The topological polar surface area (TPSA) is 72.5 Å². The number of aromatic nitrogens is 1. The largest absolute Gasteiger partial charge is 0.360 e. The molecule has 1 heterocycles. The molecule has 0 spiro atoms. The second kappa shape index (κ2) is 5.18. The van der Waals surface area contributed by atoms with Crippen molar-refractivity contribution in [1.82, 2.24) is 4.98 Å². The molecule has 0 amide bonds. The van der Waals surface area contributed by atoms with Crippen molar-refractivity contribution in [3.63, 3.8) is 0 Å². The molecule has 86 valence electrons. The zero-order valence-corrected chi connectivity index (χ0v) is 9.94. The van der Waals surface area contributed by atoms with Crippen LogP contribution < -0.4 is 5.32 Å². The maximum atomic E-state index is 8.61. The zero-order chi connectivity index (χ0) is 13.0. The van der Waals surface area contributed by atoms with E-state index >= 15 is 0 Å². The second-order valence-corrected chi connectivity index (χ2v) is 3.87. The van der Waals surface area contributed by atoms with Crippen molar-refractivity contribution in [1.29, 1.82) is 10.5 Å². The molecular weight excluding hydrogens is 248 g/mol. The molecule has 0 aliphatic rings. The second-order valence-electron chi connectivity index (χ2n) is 3.46. The monoisotopic (exact) mass is 254 g/mol. The fourth-order valence-electron chi connectivity index (χ4n) is 1.48. The molecule has 1 aromatic carbocycles. The Hall–Kier alpha value is -2.56. The summed E-state index contributed by atoms with van der Waals surface area (Å²) in [6.45, 7) is 0. The van der Waals surface area contributed by atoms with Gasteiger partial charge in [-0.3, -0.25) is 4.98 Å². The highest BCUT2D eigenvalue weighted by atomic mass is 35.5. The Balaban J connectivity index is 2.40. The normalized spacial score (nSPS) is 9.28. The molecule has 2 rings (SSSR count). The Labute approximate surface area is 109 Å². The van der Waals surface area contributed by atoms with Crippen LogP contribution in [0.3, 0.4) is 0 Å². The highest BCUT2D eigenvalue weighted by Gasteiger charge is 2.02. The summed E-state index contributed by atoms with van der Waals surface area (Å²) in [5.74, 6) is 0. The van der Waals surface area contributed by atoms with E-state index in [0.717, 1.165) is 10.9 Å². The number of hydrogen-bond donors (Lipinski definition) is 1. The Morgan fingerprint density at radius 2 is 2.11 bits per heavy atom. The summed E-state index contributed by atoms with van der Waals surface area (Å²) in [4.78, 5) is 4.17. The number of halogens is 1. The molecule has 0 saturated carbocycles. The number of benzene rings is 1. The Bertz CT molecular complexity index is 691. The van der Waals surface area contributed by atoms with Crippen molar-refractivity contribution >= 4 is 28.2 Å². The lowest BCUT2D eigenvalue weighted by atomic mass is 10.2. The first-order chi connectivity index (χ1) is 8.74. The molecule has 0 aliphatic carbocycles. The van der Waals surface area contributed by atoms with Crippen LogP contribution in [0.5, 0.6) is 0 Å². The average molecular weight is 255 g/mol. The lowest BCUT2D eigenvalue weighted by molar-refractivity contribution is 1.41. The number of rotatable bonds is 2. The fraction of sp³-hybridized carbons (Fsp3) is 0. The number of pyridine rings is 1. The third-order valence-electron chi connectivity index (χ3n) is 2.28. The molecule has 0 saturated heterocycles. The number of hydrogen-bond acceptors (Lipinski definition) is 4. The van der Waals surface area contributed by atoms with E-state index in [4.69, 9.17) is 22.1 Å². The van der Waals surface area contributed by atoms with Crippen molar-refractivity contribution in [2.24, 2.45) is 0 Å². The van der Waals surface area contributed by atoms with Gasteiger partial charge in [-0.2, -0.15) is 10.5 Å². The van der Waals surface area contributed by atoms with E-state index < -0.39 is 0 Å². The molecule has 5 heteroatoms. The highest BCUT2D eigenvalue weighted by molar-refractivity contribution is 6.35. The first kappa shape index (κ1) is 11.9. The summed E-state index contributed by atoms with van der Waals surface area (Å²) in [6, 6.07) is 10.8. The van der Waals surface area contributed by atoms with Gasteiger partial charge in [-0.25, -0.2) is 0 Å². The standard InChI is InChI=1S/C13H7ClN4/c14-12-5-11(18-8-9(6-15)7-16)4-10-2-1-3-17-13(10)12/h1-5,8,18H. The molecular formula is C13H7ClN4. The molecule has 1 N–H and O–H groups in total. The minimum absolute atomic E-state index is 0.00240. The minimum Gasteiger partial charge on any atom is -0.360 e. The van der Waals surface area contributed by atoms with Crippen LogP contribution in [-0.4, -0.2) is 4.98 Å². The van der Waals surface area contributed by atoms with Crippen LogP contribution in [0, 0.1) is 22.7 Å². The SMILES string of the molecule is N#CC(C#N)=CNc1cc(Cl)c2ncccc2c1. The predicted octanol–water partition coefficient (Wildman–Crippen LogP) is 3.23. The Morgan fingerprint density at radius 1 is 1.33 bits per heavy atom. The van der Waals surface area contributed by atoms with E-state index in [1.54, 1.807) is 24.4 Å². The quantitative estimate of drug-likeness (QED) is 0.835. The van der Waals surface area contributed by atoms with Gasteiger partial charge in [-0.05, 0) is 18.2 Å². The van der Waals surface area contributed by atoms with Gasteiger partial charge >= 0.3 is 0 Å². The van der Waals surface area contributed by atoms with Crippen molar-refractivity contribution in [3.8, 4) is 12.1 Å². The van der Waals surface area contributed by atoms with Gasteiger partial charge in [0, 0.05) is 23.5 Å².